The van der Waals surface area contributed by atoms with Gasteiger partial charge in [0.1, 0.15) is 6.54 Å². The molecule has 1 aromatic rings. The van der Waals surface area contributed by atoms with Crippen LogP contribution in [0.2, 0.25) is 0 Å². The largest absolute Gasteiger partial charge is 0.435 e. The molecule has 1 fully saturated rings. The predicted octanol–water partition coefficient (Wildman–Crippen LogP) is 1.73. The van der Waals surface area contributed by atoms with Crippen molar-refractivity contribution in [3.05, 3.63) is 17.5 Å². The fourth-order valence-corrected chi connectivity index (χ4v) is 2.16. The molecule has 1 amide bonds. The first-order chi connectivity index (χ1) is 9.36. The Morgan fingerprint density at radius 2 is 2.00 bits per heavy atom. The predicted molar refractivity (Wildman–Crippen MR) is 65.5 cm³/mol. The van der Waals surface area contributed by atoms with Crippen molar-refractivity contribution in [3.8, 4) is 0 Å². The molecule has 0 saturated carbocycles. The monoisotopic (exact) mass is 290 g/mol. The second-order valence-corrected chi connectivity index (χ2v) is 4.91. The SMILES string of the molecule is Cc1cc(C(F)(F)F)nn1CC(=O)NN1CCCCC1. The van der Waals surface area contributed by atoms with Crippen molar-refractivity contribution in [2.24, 2.45) is 0 Å². The third-order valence-corrected chi connectivity index (χ3v) is 3.20. The van der Waals surface area contributed by atoms with E-state index in [-0.39, 0.29) is 12.5 Å². The van der Waals surface area contributed by atoms with Crippen LogP contribution in [0.3, 0.4) is 0 Å². The first kappa shape index (κ1) is 14.8. The van der Waals surface area contributed by atoms with Crippen LogP contribution in [0.1, 0.15) is 30.7 Å². The van der Waals surface area contributed by atoms with Gasteiger partial charge in [-0.05, 0) is 25.8 Å². The Bertz CT molecular complexity index is 478. The van der Waals surface area contributed by atoms with Gasteiger partial charge >= 0.3 is 6.18 Å². The molecular weight excluding hydrogens is 273 g/mol. The first-order valence-electron chi connectivity index (χ1n) is 6.52. The summed E-state index contributed by atoms with van der Waals surface area (Å²) in [5.74, 6) is -0.355. The van der Waals surface area contributed by atoms with Gasteiger partial charge in [-0.3, -0.25) is 14.9 Å². The summed E-state index contributed by atoms with van der Waals surface area (Å²) in [6.07, 6.45) is -1.32. The van der Waals surface area contributed by atoms with Crippen LogP contribution in [-0.2, 0) is 17.5 Å². The van der Waals surface area contributed by atoms with Crippen LogP contribution in [0.5, 0.6) is 0 Å². The summed E-state index contributed by atoms with van der Waals surface area (Å²) >= 11 is 0. The van der Waals surface area contributed by atoms with E-state index in [0.29, 0.717) is 5.69 Å². The number of piperidine rings is 1. The summed E-state index contributed by atoms with van der Waals surface area (Å²) in [5, 5.41) is 5.23. The van der Waals surface area contributed by atoms with E-state index in [0.717, 1.165) is 43.1 Å². The minimum Gasteiger partial charge on any atom is -0.287 e. The Hall–Kier alpha value is -1.57. The molecule has 1 aliphatic heterocycles. The quantitative estimate of drug-likeness (QED) is 0.922. The molecule has 0 spiro atoms. The van der Waals surface area contributed by atoms with Gasteiger partial charge in [0.2, 0.25) is 0 Å². The highest BCUT2D eigenvalue weighted by molar-refractivity contribution is 5.75. The molecule has 1 aromatic heterocycles. The highest BCUT2D eigenvalue weighted by Gasteiger charge is 2.34. The molecule has 0 aromatic carbocycles. The number of hydrogen-bond donors (Lipinski definition) is 1. The zero-order valence-electron chi connectivity index (χ0n) is 11.2. The van der Waals surface area contributed by atoms with Gasteiger partial charge < -0.3 is 0 Å². The number of carbonyl (C=O) groups excluding carboxylic acids is 1. The van der Waals surface area contributed by atoms with Crippen molar-refractivity contribution in [1.82, 2.24) is 20.2 Å². The van der Waals surface area contributed by atoms with E-state index in [1.807, 2.05) is 0 Å². The van der Waals surface area contributed by atoms with E-state index in [4.69, 9.17) is 0 Å². The summed E-state index contributed by atoms with van der Waals surface area (Å²) in [4.78, 5) is 11.8. The summed E-state index contributed by atoms with van der Waals surface area (Å²) in [6.45, 7) is 2.84. The maximum atomic E-state index is 12.5. The lowest BCUT2D eigenvalue weighted by Gasteiger charge is -2.26. The van der Waals surface area contributed by atoms with Crippen LogP contribution in [0.15, 0.2) is 6.07 Å². The minimum absolute atomic E-state index is 0.210. The number of hydrazine groups is 1. The number of aromatic nitrogens is 2. The molecule has 0 bridgehead atoms. The van der Waals surface area contributed by atoms with Gasteiger partial charge in [-0.15, -0.1) is 0 Å². The molecule has 2 rings (SSSR count). The lowest BCUT2D eigenvalue weighted by molar-refractivity contribution is -0.142. The summed E-state index contributed by atoms with van der Waals surface area (Å²) < 4.78 is 38.6. The maximum Gasteiger partial charge on any atom is 0.435 e. The van der Waals surface area contributed by atoms with E-state index >= 15 is 0 Å². The molecule has 1 saturated heterocycles. The van der Waals surface area contributed by atoms with Crippen LogP contribution in [0, 0.1) is 6.92 Å². The zero-order chi connectivity index (χ0) is 14.8. The van der Waals surface area contributed by atoms with Gasteiger partial charge in [0.25, 0.3) is 5.91 Å². The number of nitrogens with one attached hydrogen (secondary N) is 1. The third-order valence-electron chi connectivity index (χ3n) is 3.20. The second-order valence-electron chi connectivity index (χ2n) is 4.91. The van der Waals surface area contributed by atoms with Crippen molar-refractivity contribution in [1.29, 1.82) is 0 Å². The Morgan fingerprint density at radius 3 is 2.55 bits per heavy atom. The second kappa shape index (κ2) is 5.82. The van der Waals surface area contributed by atoms with Crippen LogP contribution in [0.25, 0.3) is 0 Å². The molecule has 1 aliphatic rings. The van der Waals surface area contributed by atoms with Gasteiger partial charge in [0.15, 0.2) is 5.69 Å². The zero-order valence-corrected chi connectivity index (χ0v) is 11.2. The van der Waals surface area contributed by atoms with Gasteiger partial charge in [0.05, 0.1) is 0 Å². The molecular formula is C12H17F3N4O. The average molecular weight is 290 g/mol. The van der Waals surface area contributed by atoms with E-state index in [2.05, 4.69) is 10.5 Å². The van der Waals surface area contributed by atoms with E-state index in [1.54, 1.807) is 5.01 Å². The Morgan fingerprint density at radius 1 is 1.35 bits per heavy atom. The average Bonchev–Trinajstić information content (AvgIpc) is 2.72. The van der Waals surface area contributed by atoms with Gasteiger partial charge in [-0.1, -0.05) is 6.42 Å². The Kier molecular flexibility index (Phi) is 4.32. The molecule has 0 unspecified atom stereocenters. The van der Waals surface area contributed by atoms with Crippen LogP contribution in [0.4, 0.5) is 13.2 Å². The lowest BCUT2D eigenvalue weighted by atomic mass is 10.2. The molecule has 20 heavy (non-hydrogen) atoms. The number of amides is 1. The topological polar surface area (TPSA) is 50.2 Å². The highest BCUT2D eigenvalue weighted by atomic mass is 19.4. The highest BCUT2D eigenvalue weighted by Crippen LogP contribution is 2.28. The van der Waals surface area contributed by atoms with Crippen molar-refractivity contribution < 1.29 is 18.0 Å². The molecule has 1 N–H and O–H groups in total. The molecule has 2 heterocycles. The molecule has 0 atom stereocenters. The molecule has 112 valence electrons. The molecule has 0 aliphatic carbocycles. The number of carbonyl (C=O) groups is 1. The fraction of sp³-hybridized carbons (Fsp3) is 0.667. The first-order valence-corrected chi connectivity index (χ1v) is 6.52. The molecule has 0 radical (unpaired) electrons. The van der Waals surface area contributed by atoms with E-state index < -0.39 is 11.9 Å². The summed E-state index contributed by atoms with van der Waals surface area (Å²) in [7, 11) is 0. The van der Waals surface area contributed by atoms with E-state index in [9.17, 15) is 18.0 Å². The van der Waals surface area contributed by atoms with Crippen molar-refractivity contribution in [2.45, 2.75) is 38.9 Å². The van der Waals surface area contributed by atoms with Gasteiger partial charge in [0, 0.05) is 18.8 Å². The lowest BCUT2D eigenvalue weighted by Crippen LogP contribution is -2.46. The number of halogens is 3. The standard InChI is InChI=1S/C12H17F3N4O/c1-9-7-10(12(13,14)15)16-19(9)8-11(20)17-18-5-3-2-4-6-18/h7H,2-6,8H2,1H3,(H,17,20). The number of aryl methyl sites for hydroxylation is 1. The summed E-state index contributed by atoms with van der Waals surface area (Å²) in [6, 6.07) is 0.939. The van der Waals surface area contributed by atoms with Crippen molar-refractivity contribution in [3.63, 3.8) is 0 Å². The Labute approximate surface area is 114 Å². The molecule has 8 heteroatoms. The van der Waals surface area contributed by atoms with Gasteiger partial charge in [-0.2, -0.15) is 18.3 Å². The van der Waals surface area contributed by atoms with Crippen LogP contribution < -0.4 is 5.43 Å². The maximum absolute atomic E-state index is 12.5. The van der Waals surface area contributed by atoms with Crippen molar-refractivity contribution >= 4 is 5.91 Å². The molecule has 5 nitrogen and oxygen atoms in total. The number of hydrogen-bond acceptors (Lipinski definition) is 3. The Balaban J connectivity index is 1.95. The van der Waals surface area contributed by atoms with Crippen LogP contribution in [-0.4, -0.2) is 33.8 Å². The van der Waals surface area contributed by atoms with E-state index in [1.165, 1.54) is 6.92 Å². The normalized spacial score (nSPS) is 17.2. The van der Waals surface area contributed by atoms with Crippen molar-refractivity contribution in [2.75, 3.05) is 13.1 Å². The third kappa shape index (κ3) is 3.72. The van der Waals surface area contributed by atoms with Crippen LogP contribution >= 0.6 is 0 Å². The summed E-state index contributed by atoms with van der Waals surface area (Å²) in [5.41, 5.74) is 2.03. The number of rotatable bonds is 3. The smallest absolute Gasteiger partial charge is 0.287 e. The number of nitrogens with zero attached hydrogens (tertiary/aromatic N) is 3. The minimum atomic E-state index is -4.49. The number of alkyl halides is 3. The van der Waals surface area contributed by atoms with Gasteiger partial charge in [-0.25, -0.2) is 5.01 Å². The fourth-order valence-electron chi connectivity index (χ4n) is 2.16.